The SMILES string of the molecule is CCCCN1CCC(NC(=O)C(=O)Nc2ccc(Cl)cc2C)CC1. The quantitative estimate of drug-likeness (QED) is 0.802. The molecule has 24 heavy (non-hydrogen) atoms. The van der Waals surface area contributed by atoms with Crippen molar-refractivity contribution in [2.75, 3.05) is 25.0 Å². The molecule has 0 atom stereocenters. The number of benzene rings is 1. The Labute approximate surface area is 148 Å². The number of nitrogens with one attached hydrogen (secondary N) is 2. The number of hydrogen-bond donors (Lipinski definition) is 2. The lowest BCUT2D eigenvalue weighted by molar-refractivity contribution is -0.136. The van der Waals surface area contributed by atoms with Crippen molar-refractivity contribution in [2.45, 2.75) is 45.6 Å². The zero-order valence-electron chi connectivity index (χ0n) is 14.4. The van der Waals surface area contributed by atoms with E-state index in [4.69, 9.17) is 11.6 Å². The standard InChI is InChI=1S/C18H26ClN3O2/c1-3-4-9-22-10-7-15(8-11-22)20-17(23)18(24)21-16-6-5-14(19)12-13(16)2/h5-6,12,15H,3-4,7-11H2,1-2H3,(H,20,23)(H,21,24). The van der Waals surface area contributed by atoms with Gasteiger partial charge in [0.1, 0.15) is 0 Å². The number of carbonyl (C=O) groups is 2. The number of unbranched alkanes of at least 4 members (excludes halogenated alkanes) is 1. The Kier molecular flexibility index (Phi) is 7.06. The summed E-state index contributed by atoms with van der Waals surface area (Å²) in [5.41, 5.74) is 1.43. The molecule has 2 rings (SSSR count). The number of hydrogen-bond acceptors (Lipinski definition) is 3. The van der Waals surface area contributed by atoms with E-state index in [0.717, 1.165) is 38.0 Å². The van der Waals surface area contributed by atoms with Crippen LogP contribution in [0.15, 0.2) is 18.2 Å². The van der Waals surface area contributed by atoms with E-state index in [0.29, 0.717) is 10.7 Å². The molecule has 1 fully saturated rings. The molecule has 132 valence electrons. The lowest BCUT2D eigenvalue weighted by Gasteiger charge is -2.32. The summed E-state index contributed by atoms with van der Waals surface area (Å²) in [5.74, 6) is -1.20. The first-order valence-electron chi connectivity index (χ1n) is 8.60. The van der Waals surface area contributed by atoms with Crippen LogP contribution in [0, 0.1) is 6.92 Å². The van der Waals surface area contributed by atoms with E-state index < -0.39 is 11.8 Å². The molecule has 1 saturated heterocycles. The molecular weight excluding hydrogens is 326 g/mol. The molecule has 2 N–H and O–H groups in total. The fourth-order valence-electron chi connectivity index (χ4n) is 2.88. The molecule has 1 aromatic rings. The van der Waals surface area contributed by atoms with E-state index in [2.05, 4.69) is 22.5 Å². The van der Waals surface area contributed by atoms with Crippen molar-refractivity contribution < 1.29 is 9.59 Å². The van der Waals surface area contributed by atoms with Gasteiger partial charge in [0, 0.05) is 29.8 Å². The minimum atomic E-state index is -0.631. The normalized spacial score (nSPS) is 16.0. The van der Waals surface area contributed by atoms with Crippen molar-refractivity contribution in [3.05, 3.63) is 28.8 Å². The summed E-state index contributed by atoms with van der Waals surface area (Å²) < 4.78 is 0. The third-order valence-electron chi connectivity index (χ3n) is 4.39. The molecule has 0 aliphatic carbocycles. The Bertz CT molecular complexity index is 584. The van der Waals surface area contributed by atoms with Crippen molar-refractivity contribution in [1.82, 2.24) is 10.2 Å². The van der Waals surface area contributed by atoms with Gasteiger partial charge in [-0.2, -0.15) is 0 Å². The van der Waals surface area contributed by atoms with Gasteiger partial charge < -0.3 is 15.5 Å². The molecule has 0 radical (unpaired) electrons. The van der Waals surface area contributed by atoms with E-state index in [1.165, 1.54) is 12.8 Å². The number of likely N-dealkylation sites (tertiary alicyclic amines) is 1. The molecule has 0 spiro atoms. The van der Waals surface area contributed by atoms with Crippen LogP contribution in [0.4, 0.5) is 5.69 Å². The maximum Gasteiger partial charge on any atom is 0.313 e. The second-order valence-electron chi connectivity index (χ2n) is 6.36. The lowest BCUT2D eigenvalue weighted by atomic mass is 10.0. The largest absolute Gasteiger partial charge is 0.345 e. The number of carbonyl (C=O) groups excluding carboxylic acids is 2. The predicted octanol–water partition coefficient (Wildman–Crippen LogP) is 2.97. The van der Waals surface area contributed by atoms with E-state index in [-0.39, 0.29) is 6.04 Å². The zero-order valence-corrected chi connectivity index (χ0v) is 15.2. The molecule has 1 heterocycles. The average molecular weight is 352 g/mol. The van der Waals surface area contributed by atoms with Crippen molar-refractivity contribution in [3.63, 3.8) is 0 Å². The first kappa shape index (κ1) is 18.7. The maximum absolute atomic E-state index is 12.1. The summed E-state index contributed by atoms with van der Waals surface area (Å²) in [4.78, 5) is 26.6. The first-order chi connectivity index (χ1) is 11.5. The average Bonchev–Trinajstić information content (AvgIpc) is 2.56. The van der Waals surface area contributed by atoms with Crippen molar-refractivity contribution in [2.24, 2.45) is 0 Å². The first-order valence-corrected chi connectivity index (χ1v) is 8.97. The van der Waals surface area contributed by atoms with Gasteiger partial charge >= 0.3 is 11.8 Å². The van der Waals surface area contributed by atoms with Gasteiger partial charge in [0.25, 0.3) is 0 Å². The lowest BCUT2D eigenvalue weighted by Crippen LogP contribution is -2.47. The van der Waals surface area contributed by atoms with E-state index >= 15 is 0 Å². The molecule has 0 saturated carbocycles. The third kappa shape index (κ3) is 5.49. The van der Waals surface area contributed by atoms with Crippen LogP contribution in [-0.2, 0) is 9.59 Å². The number of nitrogens with zero attached hydrogens (tertiary/aromatic N) is 1. The highest BCUT2D eigenvalue weighted by Crippen LogP contribution is 2.19. The van der Waals surface area contributed by atoms with Crippen molar-refractivity contribution in [3.8, 4) is 0 Å². The van der Waals surface area contributed by atoms with Crippen LogP contribution < -0.4 is 10.6 Å². The Balaban J connectivity index is 1.79. The van der Waals surface area contributed by atoms with Gasteiger partial charge in [0.05, 0.1) is 0 Å². The van der Waals surface area contributed by atoms with Crippen LogP contribution in [0.25, 0.3) is 0 Å². The Morgan fingerprint density at radius 2 is 1.96 bits per heavy atom. The molecule has 1 aliphatic rings. The van der Waals surface area contributed by atoms with Crippen molar-refractivity contribution >= 4 is 29.1 Å². The summed E-state index contributed by atoms with van der Waals surface area (Å²) in [5, 5.41) is 6.09. The molecule has 0 bridgehead atoms. The van der Waals surface area contributed by atoms with E-state index in [9.17, 15) is 9.59 Å². The van der Waals surface area contributed by atoms with Gasteiger partial charge in [-0.25, -0.2) is 0 Å². The molecule has 1 aliphatic heterocycles. The van der Waals surface area contributed by atoms with Crippen LogP contribution in [0.1, 0.15) is 38.2 Å². The van der Waals surface area contributed by atoms with Crippen LogP contribution in [0.2, 0.25) is 5.02 Å². The number of anilines is 1. The molecule has 6 heteroatoms. The van der Waals surface area contributed by atoms with E-state index in [1.54, 1.807) is 18.2 Å². The Hall–Kier alpha value is -1.59. The number of aryl methyl sites for hydroxylation is 1. The highest BCUT2D eigenvalue weighted by Gasteiger charge is 2.23. The third-order valence-corrected chi connectivity index (χ3v) is 4.63. The maximum atomic E-state index is 12.1. The molecule has 1 aromatic carbocycles. The topological polar surface area (TPSA) is 61.4 Å². The zero-order chi connectivity index (χ0) is 17.5. The van der Waals surface area contributed by atoms with Gasteiger partial charge in [0.2, 0.25) is 0 Å². The molecule has 5 nitrogen and oxygen atoms in total. The van der Waals surface area contributed by atoms with Crippen molar-refractivity contribution in [1.29, 1.82) is 0 Å². The van der Waals surface area contributed by atoms with Crippen LogP contribution in [0.3, 0.4) is 0 Å². The fraction of sp³-hybridized carbons (Fsp3) is 0.556. The van der Waals surface area contributed by atoms with Gasteiger partial charge in [-0.15, -0.1) is 0 Å². The van der Waals surface area contributed by atoms with Crippen LogP contribution in [-0.4, -0.2) is 42.4 Å². The predicted molar refractivity (Wildman–Crippen MR) is 97.3 cm³/mol. The Morgan fingerprint density at radius 3 is 2.58 bits per heavy atom. The molecular formula is C18H26ClN3O2. The number of amides is 2. The Morgan fingerprint density at radius 1 is 1.25 bits per heavy atom. The number of halogens is 1. The summed E-state index contributed by atoms with van der Waals surface area (Å²) in [6, 6.07) is 5.22. The summed E-state index contributed by atoms with van der Waals surface area (Å²) >= 11 is 5.89. The van der Waals surface area contributed by atoms with Gasteiger partial charge in [0.15, 0.2) is 0 Å². The summed E-state index contributed by atoms with van der Waals surface area (Å²) in [6.45, 7) is 7.10. The molecule has 0 aromatic heterocycles. The van der Waals surface area contributed by atoms with Gasteiger partial charge in [-0.05, 0) is 56.5 Å². The summed E-state index contributed by atoms with van der Waals surface area (Å²) in [6.07, 6.45) is 4.19. The number of rotatable bonds is 5. The van der Waals surface area contributed by atoms with Gasteiger partial charge in [-0.3, -0.25) is 9.59 Å². The highest BCUT2D eigenvalue weighted by molar-refractivity contribution is 6.39. The number of piperidine rings is 1. The van der Waals surface area contributed by atoms with Gasteiger partial charge in [-0.1, -0.05) is 24.9 Å². The second kappa shape index (κ2) is 9.04. The van der Waals surface area contributed by atoms with E-state index in [1.807, 2.05) is 6.92 Å². The van der Waals surface area contributed by atoms with Crippen LogP contribution >= 0.6 is 11.6 Å². The fourth-order valence-corrected chi connectivity index (χ4v) is 3.11. The minimum Gasteiger partial charge on any atom is -0.345 e. The monoisotopic (exact) mass is 351 g/mol. The smallest absolute Gasteiger partial charge is 0.313 e. The van der Waals surface area contributed by atoms with Crippen LogP contribution in [0.5, 0.6) is 0 Å². The highest BCUT2D eigenvalue weighted by atomic mass is 35.5. The molecule has 2 amide bonds. The minimum absolute atomic E-state index is 0.0763. The summed E-state index contributed by atoms with van der Waals surface area (Å²) in [7, 11) is 0. The molecule has 0 unspecified atom stereocenters. The second-order valence-corrected chi connectivity index (χ2v) is 6.79.